The second-order valence-electron chi connectivity index (χ2n) is 5.57. The van der Waals surface area contributed by atoms with Crippen LogP contribution in [0.15, 0.2) is 23.0 Å². The number of rotatable bonds is 7. The third kappa shape index (κ3) is 3.57. The molecule has 2 atom stereocenters. The van der Waals surface area contributed by atoms with E-state index in [1.165, 1.54) is 14.2 Å². The van der Waals surface area contributed by atoms with Crippen molar-refractivity contribution in [3.05, 3.63) is 45.4 Å². The molecule has 0 bridgehead atoms. The molecule has 2 N–H and O–H groups in total. The number of hydrogen-bond donors (Lipinski definition) is 2. The summed E-state index contributed by atoms with van der Waals surface area (Å²) in [7, 11) is 2.99. The van der Waals surface area contributed by atoms with Crippen LogP contribution in [0.1, 0.15) is 29.7 Å². The number of nitrogens with zero attached hydrogens (tertiary/aromatic N) is 1. The minimum absolute atomic E-state index is 0.137. The van der Waals surface area contributed by atoms with Crippen LogP contribution in [0.25, 0.3) is 0 Å². The van der Waals surface area contributed by atoms with Gasteiger partial charge in [-0.1, -0.05) is 6.07 Å². The molecular formula is C18H21N3O5. The van der Waals surface area contributed by atoms with Crippen LogP contribution in [0.5, 0.6) is 11.5 Å². The number of benzene rings is 1. The molecule has 0 saturated carbocycles. The van der Waals surface area contributed by atoms with E-state index in [9.17, 15) is 14.9 Å². The lowest BCUT2D eigenvalue weighted by Crippen LogP contribution is -2.27. The molecular weight excluding hydrogens is 338 g/mol. The average Bonchev–Trinajstić information content (AvgIpc) is 2.97. The summed E-state index contributed by atoms with van der Waals surface area (Å²) in [4.78, 5) is 24.7. The van der Waals surface area contributed by atoms with Gasteiger partial charge in [-0.05, 0) is 31.5 Å². The highest BCUT2D eigenvalue weighted by molar-refractivity contribution is 5.77. The van der Waals surface area contributed by atoms with Gasteiger partial charge in [0.15, 0.2) is 17.4 Å². The number of methoxy groups -OCH3 is 2. The van der Waals surface area contributed by atoms with Crippen LogP contribution in [0.3, 0.4) is 0 Å². The molecule has 8 nitrogen and oxygen atoms in total. The van der Waals surface area contributed by atoms with Crippen LogP contribution in [0.4, 0.5) is 0 Å². The van der Waals surface area contributed by atoms with Crippen LogP contribution in [-0.2, 0) is 9.53 Å². The van der Waals surface area contributed by atoms with Crippen molar-refractivity contribution in [1.29, 1.82) is 5.26 Å². The number of aromatic amines is 2. The molecule has 2 aromatic rings. The summed E-state index contributed by atoms with van der Waals surface area (Å²) in [6.07, 6.45) is 0. The van der Waals surface area contributed by atoms with Gasteiger partial charge in [0.2, 0.25) is 0 Å². The first-order chi connectivity index (χ1) is 12.5. The lowest BCUT2D eigenvalue weighted by atomic mass is 9.81. The van der Waals surface area contributed by atoms with Crippen LogP contribution in [0.2, 0.25) is 0 Å². The van der Waals surface area contributed by atoms with Gasteiger partial charge in [0.1, 0.15) is 0 Å². The van der Waals surface area contributed by atoms with Gasteiger partial charge in [-0.25, -0.2) is 0 Å². The summed E-state index contributed by atoms with van der Waals surface area (Å²) >= 11 is 0. The number of carbonyl (C=O) groups excluding carboxylic acids is 1. The number of nitrogens with one attached hydrogen (secondary N) is 2. The summed E-state index contributed by atoms with van der Waals surface area (Å²) in [5.41, 5.74) is 1.01. The lowest BCUT2D eigenvalue weighted by molar-refractivity contribution is -0.146. The van der Waals surface area contributed by atoms with Crippen molar-refractivity contribution in [3.8, 4) is 17.6 Å². The molecule has 0 unspecified atom stereocenters. The monoisotopic (exact) mass is 359 g/mol. The highest BCUT2D eigenvalue weighted by atomic mass is 16.5. The highest BCUT2D eigenvalue weighted by Gasteiger charge is 2.36. The Bertz CT molecular complexity index is 878. The second kappa shape index (κ2) is 8.25. The standard InChI is InChI=1S/C18H21N3O5/c1-5-26-18(23)12(9-19)16(15-10(2)20-21-17(15)22)11-6-7-13(24-3)14(8-11)25-4/h6-8,12,16H,5H2,1-4H3,(H2,20,21,22)/t12-,16-/m0/s1. The van der Waals surface area contributed by atoms with E-state index in [-0.39, 0.29) is 6.61 Å². The molecule has 0 saturated heterocycles. The fraction of sp³-hybridized carbons (Fsp3) is 0.389. The Morgan fingerprint density at radius 3 is 2.42 bits per heavy atom. The van der Waals surface area contributed by atoms with E-state index < -0.39 is 23.4 Å². The molecule has 0 aliphatic rings. The summed E-state index contributed by atoms with van der Waals surface area (Å²) in [5, 5.41) is 14.9. The van der Waals surface area contributed by atoms with Gasteiger partial charge in [0.25, 0.3) is 5.56 Å². The average molecular weight is 359 g/mol. The largest absolute Gasteiger partial charge is 0.493 e. The summed E-state index contributed by atoms with van der Waals surface area (Å²) in [6, 6.07) is 6.99. The highest BCUT2D eigenvalue weighted by Crippen LogP contribution is 2.37. The van der Waals surface area contributed by atoms with Crippen molar-refractivity contribution < 1.29 is 19.0 Å². The van der Waals surface area contributed by atoms with Gasteiger partial charge in [0, 0.05) is 17.2 Å². The Morgan fingerprint density at radius 1 is 1.23 bits per heavy atom. The van der Waals surface area contributed by atoms with Crippen LogP contribution in [-0.4, -0.2) is 37.0 Å². The Hall–Kier alpha value is -3.21. The SMILES string of the molecule is CCOC(=O)[C@@H](C#N)[C@H](c1ccc(OC)c(OC)c1)c1c(C)[nH][nH]c1=O. The van der Waals surface area contributed by atoms with E-state index in [1.54, 1.807) is 32.0 Å². The number of esters is 1. The lowest BCUT2D eigenvalue weighted by Gasteiger charge is -2.21. The second-order valence-corrected chi connectivity index (χ2v) is 5.57. The molecule has 26 heavy (non-hydrogen) atoms. The zero-order chi connectivity index (χ0) is 19.3. The van der Waals surface area contributed by atoms with Crippen molar-refractivity contribution in [2.45, 2.75) is 19.8 Å². The van der Waals surface area contributed by atoms with Crippen molar-refractivity contribution in [2.75, 3.05) is 20.8 Å². The Morgan fingerprint density at radius 2 is 1.92 bits per heavy atom. The summed E-state index contributed by atoms with van der Waals surface area (Å²) in [5.74, 6) is -1.77. The van der Waals surface area contributed by atoms with Gasteiger partial charge < -0.3 is 19.3 Å². The fourth-order valence-corrected chi connectivity index (χ4v) is 2.90. The normalized spacial score (nSPS) is 12.7. The Labute approximate surface area is 150 Å². The number of H-pyrrole nitrogens is 2. The van der Waals surface area contributed by atoms with E-state index >= 15 is 0 Å². The van der Waals surface area contributed by atoms with Gasteiger partial charge in [-0.15, -0.1) is 0 Å². The quantitative estimate of drug-likeness (QED) is 0.729. The van der Waals surface area contributed by atoms with Gasteiger partial charge in [-0.3, -0.25) is 14.7 Å². The Balaban J connectivity index is 2.67. The molecule has 1 aromatic heterocycles. The van der Waals surface area contributed by atoms with Crippen molar-refractivity contribution in [2.24, 2.45) is 5.92 Å². The maximum absolute atomic E-state index is 12.4. The van der Waals surface area contributed by atoms with E-state index in [0.717, 1.165) is 0 Å². The predicted octanol–water partition coefficient (Wildman–Crippen LogP) is 1.86. The molecule has 138 valence electrons. The molecule has 0 aliphatic carbocycles. The first-order valence-electron chi connectivity index (χ1n) is 8.03. The number of hydrogen-bond acceptors (Lipinski definition) is 6. The van der Waals surface area contributed by atoms with Gasteiger partial charge >= 0.3 is 5.97 Å². The third-order valence-electron chi connectivity index (χ3n) is 4.10. The van der Waals surface area contributed by atoms with Crippen molar-refractivity contribution >= 4 is 5.97 Å². The zero-order valence-corrected chi connectivity index (χ0v) is 15.1. The number of nitriles is 1. The van der Waals surface area contributed by atoms with Crippen LogP contribution < -0.4 is 15.0 Å². The fourth-order valence-electron chi connectivity index (χ4n) is 2.90. The zero-order valence-electron chi connectivity index (χ0n) is 15.1. The first-order valence-corrected chi connectivity index (χ1v) is 8.03. The molecule has 0 spiro atoms. The minimum atomic E-state index is -1.19. The predicted molar refractivity (Wildman–Crippen MR) is 93.3 cm³/mol. The summed E-state index contributed by atoms with van der Waals surface area (Å²) < 4.78 is 15.6. The molecule has 0 fully saturated rings. The third-order valence-corrected chi connectivity index (χ3v) is 4.10. The first kappa shape index (κ1) is 19.1. The van der Waals surface area contributed by atoms with Gasteiger partial charge in [0.05, 0.1) is 26.9 Å². The number of ether oxygens (including phenoxy) is 3. The van der Waals surface area contributed by atoms with E-state index in [0.29, 0.717) is 28.3 Å². The number of aromatic nitrogens is 2. The van der Waals surface area contributed by atoms with Crippen LogP contribution >= 0.6 is 0 Å². The molecule has 8 heteroatoms. The maximum atomic E-state index is 12.4. The number of aryl methyl sites for hydroxylation is 1. The molecule has 1 aromatic carbocycles. The van der Waals surface area contributed by atoms with Crippen LogP contribution in [0, 0.1) is 24.2 Å². The molecule has 1 heterocycles. The molecule has 0 amide bonds. The smallest absolute Gasteiger partial charge is 0.324 e. The maximum Gasteiger partial charge on any atom is 0.324 e. The van der Waals surface area contributed by atoms with E-state index in [4.69, 9.17) is 14.2 Å². The molecule has 0 radical (unpaired) electrons. The van der Waals surface area contributed by atoms with E-state index in [2.05, 4.69) is 10.2 Å². The van der Waals surface area contributed by atoms with Gasteiger partial charge in [-0.2, -0.15) is 5.26 Å². The van der Waals surface area contributed by atoms with E-state index in [1.807, 2.05) is 6.07 Å². The molecule has 2 rings (SSSR count). The van der Waals surface area contributed by atoms with Crippen molar-refractivity contribution in [1.82, 2.24) is 10.2 Å². The minimum Gasteiger partial charge on any atom is -0.493 e. The summed E-state index contributed by atoms with van der Waals surface area (Å²) in [6.45, 7) is 3.49. The molecule has 0 aliphatic heterocycles. The Kier molecular flexibility index (Phi) is 6.07. The topological polar surface area (TPSA) is 117 Å². The van der Waals surface area contributed by atoms with Crippen molar-refractivity contribution in [3.63, 3.8) is 0 Å². The number of carbonyl (C=O) groups is 1.